The third-order valence-electron chi connectivity index (χ3n) is 4.48. The van der Waals surface area contributed by atoms with Crippen molar-refractivity contribution in [2.45, 2.75) is 38.0 Å². The summed E-state index contributed by atoms with van der Waals surface area (Å²) in [5.74, 6) is 0.161. The highest BCUT2D eigenvalue weighted by Gasteiger charge is 2.35. The molecular formula is C18H24N4O2S. The van der Waals surface area contributed by atoms with Gasteiger partial charge in [0.05, 0.1) is 6.10 Å². The molecule has 2 aromatic rings. The molecule has 0 aromatic carbocycles. The maximum absolute atomic E-state index is 12.6. The number of hydrogen-bond acceptors (Lipinski definition) is 6. The van der Waals surface area contributed by atoms with E-state index in [1.165, 1.54) is 11.3 Å². The number of amides is 1. The van der Waals surface area contributed by atoms with E-state index in [0.717, 1.165) is 36.4 Å². The Balaban J connectivity index is 1.66. The highest BCUT2D eigenvalue weighted by Crippen LogP contribution is 2.32. The quantitative estimate of drug-likeness (QED) is 0.786. The van der Waals surface area contributed by atoms with Crippen LogP contribution in [0.3, 0.4) is 0 Å². The van der Waals surface area contributed by atoms with Crippen molar-refractivity contribution in [2.24, 2.45) is 5.92 Å². The first-order valence-corrected chi connectivity index (χ1v) is 9.36. The van der Waals surface area contributed by atoms with Crippen molar-refractivity contribution in [3.63, 3.8) is 0 Å². The first-order chi connectivity index (χ1) is 12.0. The van der Waals surface area contributed by atoms with Crippen LogP contribution < -0.4 is 5.32 Å². The highest BCUT2D eigenvalue weighted by molar-refractivity contribution is 7.09. The number of rotatable bonds is 7. The molecule has 7 heteroatoms. The van der Waals surface area contributed by atoms with Crippen LogP contribution in [0.2, 0.25) is 0 Å². The Morgan fingerprint density at radius 2 is 2.12 bits per heavy atom. The second-order valence-electron chi connectivity index (χ2n) is 6.89. The largest absolute Gasteiger partial charge is 0.393 e. The van der Waals surface area contributed by atoms with E-state index in [1.807, 2.05) is 36.5 Å². The number of hydrogen-bond donors (Lipinski definition) is 2. The zero-order valence-electron chi connectivity index (χ0n) is 14.6. The number of pyridine rings is 1. The molecule has 0 aliphatic heterocycles. The zero-order valence-corrected chi connectivity index (χ0v) is 15.4. The van der Waals surface area contributed by atoms with Gasteiger partial charge in [-0.15, -0.1) is 11.3 Å². The number of carbonyl (C=O) groups is 1. The predicted octanol–water partition coefficient (Wildman–Crippen LogP) is 1.71. The predicted molar refractivity (Wildman–Crippen MR) is 97.4 cm³/mol. The molecule has 0 spiro atoms. The van der Waals surface area contributed by atoms with Crippen molar-refractivity contribution in [2.75, 3.05) is 14.1 Å². The number of aliphatic hydroxyl groups is 1. The molecule has 2 aromatic heterocycles. The van der Waals surface area contributed by atoms with Gasteiger partial charge in [0, 0.05) is 30.4 Å². The van der Waals surface area contributed by atoms with Crippen LogP contribution in [0.4, 0.5) is 0 Å². The fourth-order valence-corrected chi connectivity index (χ4v) is 3.96. The monoisotopic (exact) mass is 360 g/mol. The molecule has 0 saturated heterocycles. The van der Waals surface area contributed by atoms with Crippen molar-refractivity contribution >= 4 is 17.2 Å². The molecule has 134 valence electrons. The average molecular weight is 360 g/mol. The summed E-state index contributed by atoms with van der Waals surface area (Å²) < 4.78 is 0. The van der Waals surface area contributed by atoms with Crippen LogP contribution in [0.1, 0.15) is 33.9 Å². The van der Waals surface area contributed by atoms with Gasteiger partial charge in [-0.05, 0) is 57.0 Å². The van der Waals surface area contributed by atoms with Gasteiger partial charge in [-0.1, -0.05) is 0 Å². The lowest BCUT2D eigenvalue weighted by Gasteiger charge is -2.38. The van der Waals surface area contributed by atoms with Crippen LogP contribution >= 0.6 is 11.3 Å². The van der Waals surface area contributed by atoms with Crippen LogP contribution in [0.15, 0.2) is 29.9 Å². The molecule has 1 atom stereocenters. The van der Waals surface area contributed by atoms with Gasteiger partial charge in [-0.25, -0.2) is 4.98 Å². The molecule has 0 bridgehead atoms. The maximum Gasteiger partial charge on any atom is 0.270 e. The normalized spacial score (nSPS) is 21.0. The number of aromatic nitrogens is 2. The van der Waals surface area contributed by atoms with Crippen molar-refractivity contribution in [3.05, 3.63) is 46.2 Å². The molecule has 6 nitrogen and oxygen atoms in total. The number of carbonyl (C=O) groups excluding carboxylic acids is 1. The minimum absolute atomic E-state index is 0.00250. The summed E-state index contributed by atoms with van der Waals surface area (Å²) in [5.41, 5.74) is 1.61. The van der Waals surface area contributed by atoms with Crippen LogP contribution in [0.25, 0.3) is 0 Å². The lowest BCUT2D eigenvalue weighted by molar-refractivity contribution is 0.0239. The van der Waals surface area contributed by atoms with Gasteiger partial charge in [0.1, 0.15) is 10.7 Å². The second kappa shape index (κ2) is 8.03. The Morgan fingerprint density at radius 3 is 2.76 bits per heavy atom. The van der Waals surface area contributed by atoms with Gasteiger partial charge in [-0.3, -0.25) is 9.78 Å². The maximum atomic E-state index is 12.6. The second-order valence-corrected chi connectivity index (χ2v) is 7.83. The standard InChI is InChI=1S/C18H24N4O2S/c1-22(2)10-17-20-16(11-25-17)18(24)21-15(13-8-14(23)9-13)7-12-3-5-19-6-4-12/h3-6,11,13-15,23H,7-10H2,1-2H3,(H,21,24). The Labute approximate surface area is 151 Å². The minimum Gasteiger partial charge on any atom is -0.393 e. The number of nitrogens with one attached hydrogen (secondary N) is 1. The molecule has 3 rings (SSSR count). The van der Waals surface area contributed by atoms with Crippen LogP contribution in [0.5, 0.6) is 0 Å². The smallest absolute Gasteiger partial charge is 0.270 e. The summed E-state index contributed by atoms with van der Waals surface area (Å²) in [6.07, 6.45) is 5.49. The molecule has 1 aliphatic carbocycles. The van der Waals surface area contributed by atoms with Crippen molar-refractivity contribution < 1.29 is 9.90 Å². The molecule has 1 fully saturated rings. The molecule has 2 N–H and O–H groups in total. The minimum atomic E-state index is -0.243. The Kier molecular flexibility index (Phi) is 5.78. The van der Waals surface area contributed by atoms with Gasteiger partial charge in [0.15, 0.2) is 0 Å². The fraction of sp³-hybridized carbons (Fsp3) is 0.500. The number of nitrogens with zero attached hydrogens (tertiary/aromatic N) is 3. The van der Waals surface area contributed by atoms with Gasteiger partial charge in [0.25, 0.3) is 5.91 Å². The van der Waals surface area contributed by atoms with Gasteiger partial charge >= 0.3 is 0 Å². The summed E-state index contributed by atoms with van der Waals surface area (Å²) in [6, 6.07) is 3.93. The molecule has 25 heavy (non-hydrogen) atoms. The van der Waals surface area contributed by atoms with E-state index in [0.29, 0.717) is 11.6 Å². The lowest BCUT2D eigenvalue weighted by atomic mass is 9.75. The van der Waals surface area contributed by atoms with Gasteiger partial charge in [0.2, 0.25) is 0 Å². The van der Waals surface area contributed by atoms with E-state index in [1.54, 1.807) is 12.4 Å². The molecule has 1 unspecified atom stereocenters. The number of aliphatic hydroxyl groups excluding tert-OH is 1. The Morgan fingerprint density at radius 1 is 1.40 bits per heavy atom. The van der Waals surface area contributed by atoms with Gasteiger partial charge in [-0.2, -0.15) is 0 Å². The van der Waals surface area contributed by atoms with Crippen LogP contribution in [-0.4, -0.2) is 52.1 Å². The molecule has 1 aliphatic rings. The zero-order chi connectivity index (χ0) is 17.8. The van der Waals surface area contributed by atoms with Crippen molar-refractivity contribution in [1.29, 1.82) is 0 Å². The molecular weight excluding hydrogens is 336 g/mol. The van der Waals surface area contributed by atoms with Crippen molar-refractivity contribution in [1.82, 2.24) is 20.2 Å². The van der Waals surface area contributed by atoms with E-state index >= 15 is 0 Å². The fourth-order valence-electron chi connectivity index (χ4n) is 3.07. The van der Waals surface area contributed by atoms with E-state index in [2.05, 4.69) is 15.3 Å². The lowest BCUT2D eigenvalue weighted by Crippen LogP contribution is -2.48. The third kappa shape index (κ3) is 4.84. The summed E-state index contributed by atoms with van der Waals surface area (Å²) in [4.78, 5) is 23.1. The average Bonchev–Trinajstić information content (AvgIpc) is 3.00. The number of thiazole rings is 1. The van der Waals surface area contributed by atoms with E-state index in [4.69, 9.17) is 0 Å². The SMILES string of the molecule is CN(C)Cc1nc(C(=O)NC(Cc2ccncc2)C2CC(O)C2)cs1. The summed E-state index contributed by atoms with van der Waals surface area (Å²) in [5, 5.41) is 15.5. The van der Waals surface area contributed by atoms with E-state index in [9.17, 15) is 9.90 Å². The molecule has 0 radical (unpaired) electrons. The van der Waals surface area contributed by atoms with Crippen LogP contribution in [-0.2, 0) is 13.0 Å². The van der Waals surface area contributed by atoms with Gasteiger partial charge < -0.3 is 15.3 Å². The first kappa shape index (κ1) is 18.0. The summed E-state index contributed by atoms with van der Waals surface area (Å²) >= 11 is 1.50. The summed E-state index contributed by atoms with van der Waals surface area (Å²) in [7, 11) is 3.96. The molecule has 1 amide bonds. The Hall–Kier alpha value is -1.83. The molecule has 2 heterocycles. The van der Waals surface area contributed by atoms with E-state index in [-0.39, 0.29) is 18.1 Å². The highest BCUT2D eigenvalue weighted by atomic mass is 32.1. The van der Waals surface area contributed by atoms with E-state index < -0.39 is 0 Å². The first-order valence-electron chi connectivity index (χ1n) is 8.48. The summed E-state index contributed by atoms with van der Waals surface area (Å²) in [6.45, 7) is 0.729. The topological polar surface area (TPSA) is 78.4 Å². The third-order valence-corrected chi connectivity index (χ3v) is 5.31. The Bertz CT molecular complexity index is 698. The van der Waals surface area contributed by atoms with Crippen LogP contribution in [0, 0.1) is 5.92 Å². The van der Waals surface area contributed by atoms with Crippen molar-refractivity contribution in [3.8, 4) is 0 Å². The molecule has 1 saturated carbocycles.